The Labute approximate surface area is 133 Å². The van der Waals surface area contributed by atoms with Gasteiger partial charge in [-0.3, -0.25) is 4.68 Å². The molecule has 0 aliphatic carbocycles. The lowest BCUT2D eigenvalue weighted by atomic mass is 10.0. The third-order valence-electron chi connectivity index (χ3n) is 3.47. The fourth-order valence-corrected chi connectivity index (χ4v) is 2.96. The first kappa shape index (κ1) is 16.2. The van der Waals surface area contributed by atoms with Crippen molar-refractivity contribution in [2.75, 3.05) is 6.54 Å². The third-order valence-corrected chi connectivity index (χ3v) is 4.08. The average Bonchev–Trinajstić information content (AvgIpc) is 2.81. The minimum Gasteiger partial charge on any atom is -0.305 e. The number of hydrogen-bond donors (Lipinski definition) is 1. The smallest absolute Gasteiger partial charge is 0.126 e. The number of benzene rings is 1. The van der Waals surface area contributed by atoms with Gasteiger partial charge in [0.15, 0.2) is 0 Å². The van der Waals surface area contributed by atoms with Crippen LogP contribution in [0.25, 0.3) is 0 Å². The first-order chi connectivity index (χ1) is 9.95. The summed E-state index contributed by atoms with van der Waals surface area (Å²) in [6.07, 6.45) is 1.82. The first-order valence-electron chi connectivity index (χ1n) is 7.18. The molecule has 0 aliphatic heterocycles. The average molecular weight is 354 g/mol. The zero-order chi connectivity index (χ0) is 15.6. The van der Waals surface area contributed by atoms with Crippen LogP contribution >= 0.6 is 15.9 Å². The Balaban J connectivity index is 2.53. The molecule has 0 saturated heterocycles. The Morgan fingerprint density at radius 2 is 2.10 bits per heavy atom. The van der Waals surface area contributed by atoms with Crippen molar-refractivity contribution in [3.63, 3.8) is 0 Å². The van der Waals surface area contributed by atoms with E-state index >= 15 is 0 Å². The minimum absolute atomic E-state index is 0.0198. The van der Waals surface area contributed by atoms with E-state index in [0.29, 0.717) is 5.56 Å². The van der Waals surface area contributed by atoms with E-state index in [9.17, 15) is 4.39 Å². The number of nitrogens with one attached hydrogen (secondary N) is 1. The van der Waals surface area contributed by atoms with Crippen LogP contribution in [0.3, 0.4) is 0 Å². The maximum absolute atomic E-state index is 13.5. The van der Waals surface area contributed by atoms with Gasteiger partial charge in [0.2, 0.25) is 0 Å². The van der Waals surface area contributed by atoms with E-state index in [1.54, 1.807) is 6.92 Å². The van der Waals surface area contributed by atoms with Crippen molar-refractivity contribution in [1.82, 2.24) is 15.1 Å². The Morgan fingerprint density at radius 1 is 1.38 bits per heavy atom. The van der Waals surface area contributed by atoms with Crippen molar-refractivity contribution in [2.24, 2.45) is 0 Å². The summed E-state index contributed by atoms with van der Waals surface area (Å²) in [7, 11) is 0. The van der Waals surface area contributed by atoms with Gasteiger partial charge < -0.3 is 5.32 Å². The molecule has 1 heterocycles. The van der Waals surface area contributed by atoms with Crippen molar-refractivity contribution in [3.05, 3.63) is 51.5 Å². The molecule has 1 unspecified atom stereocenters. The highest BCUT2D eigenvalue weighted by Gasteiger charge is 2.22. The van der Waals surface area contributed by atoms with Crippen LogP contribution in [0.2, 0.25) is 0 Å². The number of aryl methyl sites for hydroxylation is 1. The highest BCUT2D eigenvalue weighted by molar-refractivity contribution is 9.10. The lowest BCUT2D eigenvalue weighted by Crippen LogP contribution is -2.26. The standard InChI is InChI=1S/C16H21BrFN3/c1-5-19-15(12-6-7-14(18)11(4)8-12)16-13(17)9-20-21(16)10(2)3/h6-10,15,19H,5H2,1-4H3. The van der Waals surface area contributed by atoms with E-state index < -0.39 is 0 Å². The van der Waals surface area contributed by atoms with E-state index in [1.165, 1.54) is 6.07 Å². The predicted molar refractivity (Wildman–Crippen MR) is 87.0 cm³/mol. The highest BCUT2D eigenvalue weighted by Crippen LogP contribution is 2.31. The Hall–Kier alpha value is -1.20. The molecule has 0 bridgehead atoms. The van der Waals surface area contributed by atoms with Crippen molar-refractivity contribution in [1.29, 1.82) is 0 Å². The monoisotopic (exact) mass is 353 g/mol. The zero-order valence-corrected chi connectivity index (χ0v) is 14.4. The second kappa shape index (κ2) is 6.71. The molecule has 1 N–H and O–H groups in total. The van der Waals surface area contributed by atoms with Gasteiger partial charge in [0.05, 0.1) is 22.4 Å². The lowest BCUT2D eigenvalue weighted by Gasteiger charge is -2.22. The Bertz CT molecular complexity index is 622. The quantitative estimate of drug-likeness (QED) is 0.864. The molecule has 21 heavy (non-hydrogen) atoms. The normalized spacial score (nSPS) is 12.9. The SMILES string of the molecule is CCNC(c1ccc(F)c(C)c1)c1c(Br)cnn1C(C)C. The van der Waals surface area contributed by atoms with Crippen LogP contribution in [0.4, 0.5) is 4.39 Å². The molecule has 1 aromatic carbocycles. The summed E-state index contributed by atoms with van der Waals surface area (Å²) in [5.74, 6) is -0.176. The topological polar surface area (TPSA) is 29.9 Å². The highest BCUT2D eigenvalue weighted by atomic mass is 79.9. The minimum atomic E-state index is -0.176. The Kier molecular flexibility index (Phi) is 5.17. The molecular formula is C16H21BrFN3. The van der Waals surface area contributed by atoms with Crippen LogP contribution in [-0.4, -0.2) is 16.3 Å². The lowest BCUT2D eigenvalue weighted by molar-refractivity contribution is 0.475. The van der Waals surface area contributed by atoms with Gasteiger partial charge in [-0.2, -0.15) is 5.10 Å². The second-order valence-corrected chi connectivity index (χ2v) is 6.27. The molecule has 5 heteroatoms. The fraction of sp³-hybridized carbons (Fsp3) is 0.438. The number of aromatic nitrogens is 2. The number of halogens is 2. The van der Waals surface area contributed by atoms with Crippen LogP contribution in [-0.2, 0) is 0 Å². The molecule has 3 nitrogen and oxygen atoms in total. The van der Waals surface area contributed by atoms with Crippen molar-refractivity contribution >= 4 is 15.9 Å². The van der Waals surface area contributed by atoms with Gasteiger partial charge >= 0.3 is 0 Å². The fourth-order valence-electron chi connectivity index (χ4n) is 2.46. The third kappa shape index (κ3) is 3.35. The molecule has 0 aliphatic rings. The van der Waals surface area contributed by atoms with Gasteiger partial charge in [-0.15, -0.1) is 0 Å². The van der Waals surface area contributed by atoms with E-state index in [2.05, 4.69) is 47.1 Å². The molecular weight excluding hydrogens is 333 g/mol. The van der Waals surface area contributed by atoms with E-state index in [4.69, 9.17) is 0 Å². The van der Waals surface area contributed by atoms with Crippen LogP contribution < -0.4 is 5.32 Å². The Morgan fingerprint density at radius 3 is 2.67 bits per heavy atom. The van der Waals surface area contributed by atoms with E-state index in [-0.39, 0.29) is 17.9 Å². The summed E-state index contributed by atoms with van der Waals surface area (Å²) >= 11 is 3.59. The molecule has 0 spiro atoms. The maximum Gasteiger partial charge on any atom is 0.126 e. The second-order valence-electron chi connectivity index (χ2n) is 5.42. The van der Waals surface area contributed by atoms with E-state index in [1.807, 2.05) is 23.0 Å². The van der Waals surface area contributed by atoms with Crippen LogP contribution in [0.1, 0.15) is 49.7 Å². The summed E-state index contributed by atoms with van der Waals surface area (Å²) in [5, 5.41) is 7.91. The van der Waals surface area contributed by atoms with Gasteiger partial charge in [0, 0.05) is 6.04 Å². The van der Waals surface area contributed by atoms with Gasteiger partial charge in [-0.05, 0) is 60.4 Å². The number of nitrogens with zero attached hydrogens (tertiary/aromatic N) is 2. The predicted octanol–water partition coefficient (Wildman–Crippen LogP) is 4.37. The van der Waals surface area contributed by atoms with Gasteiger partial charge in [0.25, 0.3) is 0 Å². The molecule has 1 atom stereocenters. The molecule has 0 amide bonds. The van der Waals surface area contributed by atoms with Gasteiger partial charge in [0.1, 0.15) is 5.82 Å². The van der Waals surface area contributed by atoms with Crippen molar-refractivity contribution in [3.8, 4) is 0 Å². The number of rotatable bonds is 5. The molecule has 2 rings (SSSR count). The first-order valence-corrected chi connectivity index (χ1v) is 7.97. The molecule has 2 aromatic rings. The van der Waals surface area contributed by atoms with E-state index in [0.717, 1.165) is 22.3 Å². The molecule has 114 valence electrons. The van der Waals surface area contributed by atoms with Crippen molar-refractivity contribution in [2.45, 2.75) is 39.8 Å². The number of hydrogen-bond acceptors (Lipinski definition) is 2. The largest absolute Gasteiger partial charge is 0.305 e. The van der Waals surface area contributed by atoms with Crippen LogP contribution in [0.15, 0.2) is 28.9 Å². The molecule has 0 radical (unpaired) electrons. The van der Waals surface area contributed by atoms with Crippen LogP contribution in [0.5, 0.6) is 0 Å². The summed E-state index contributed by atoms with van der Waals surface area (Å²) in [5.41, 5.74) is 2.76. The molecule has 0 saturated carbocycles. The zero-order valence-electron chi connectivity index (χ0n) is 12.8. The summed E-state index contributed by atoms with van der Waals surface area (Å²) in [4.78, 5) is 0. The molecule has 0 fully saturated rings. The summed E-state index contributed by atoms with van der Waals surface area (Å²) in [6, 6.07) is 5.49. The van der Waals surface area contributed by atoms with Gasteiger partial charge in [-0.1, -0.05) is 19.1 Å². The summed E-state index contributed by atoms with van der Waals surface area (Å²) < 4.78 is 16.5. The van der Waals surface area contributed by atoms with Gasteiger partial charge in [-0.25, -0.2) is 4.39 Å². The summed E-state index contributed by atoms with van der Waals surface area (Å²) in [6.45, 7) is 8.87. The van der Waals surface area contributed by atoms with Crippen molar-refractivity contribution < 1.29 is 4.39 Å². The van der Waals surface area contributed by atoms with Crippen LogP contribution in [0, 0.1) is 12.7 Å². The molecule has 1 aromatic heterocycles. The maximum atomic E-state index is 13.5.